The van der Waals surface area contributed by atoms with Crippen molar-refractivity contribution in [3.63, 3.8) is 0 Å². The van der Waals surface area contributed by atoms with Gasteiger partial charge < -0.3 is 9.14 Å². The molecule has 130 valence electrons. The number of rotatable bonds is 5. The molecule has 0 aliphatic carbocycles. The van der Waals surface area contributed by atoms with Gasteiger partial charge in [0, 0.05) is 12.4 Å². The summed E-state index contributed by atoms with van der Waals surface area (Å²) >= 11 is 0. The summed E-state index contributed by atoms with van der Waals surface area (Å²) in [5.74, 6) is -0.369. The molecule has 0 fully saturated rings. The Morgan fingerprint density at radius 3 is 2.77 bits per heavy atom. The standard InChI is InChI=1S/C19H17N5O2/c1-14-3-2-8-23-10-17(22-18(14)23)11-26-19(25)16-6-4-15(5-7-16)9-24-13-20-12-21-24/h2-8,10,12-13H,9,11H2,1H3. The van der Waals surface area contributed by atoms with E-state index in [9.17, 15) is 4.79 Å². The van der Waals surface area contributed by atoms with Crippen molar-refractivity contribution < 1.29 is 9.53 Å². The molecule has 0 aliphatic heterocycles. The number of nitrogens with zero attached hydrogens (tertiary/aromatic N) is 5. The van der Waals surface area contributed by atoms with Gasteiger partial charge in [0.1, 0.15) is 24.9 Å². The number of pyridine rings is 1. The summed E-state index contributed by atoms with van der Waals surface area (Å²) in [5.41, 5.74) is 4.20. The first-order valence-corrected chi connectivity index (χ1v) is 8.21. The molecule has 4 aromatic rings. The number of esters is 1. The number of carbonyl (C=O) groups excluding carboxylic acids is 1. The highest BCUT2D eigenvalue weighted by atomic mass is 16.5. The van der Waals surface area contributed by atoms with Crippen molar-refractivity contribution in [1.82, 2.24) is 24.1 Å². The van der Waals surface area contributed by atoms with Crippen LogP contribution in [0.25, 0.3) is 5.65 Å². The molecule has 1 aromatic carbocycles. The van der Waals surface area contributed by atoms with Crippen LogP contribution in [0.15, 0.2) is 61.4 Å². The van der Waals surface area contributed by atoms with Crippen LogP contribution >= 0.6 is 0 Å². The molecule has 0 unspecified atom stereocenters. The van der Waals surface area contributed by atoms with Crippen LogP contribution in [0.1, 0.15) is 27.2 Å². The molecule has 0 atom stereocenters. The average Bonchev–Trinajstić information content (AvgIpc) is 3.30. The van der Waals surface area contributed by atoms with E-state index in [-0.39, 0.29) is 12.6 Å². The van der Waals surface area contributed by atoms with Crippen molar-refractivity contribution in [1.29, 1.82) is 0 Å². The molecule has 0 aliphatic rings. The number of imidazole rings is 1. The van der Waals surface area contributed by atoms with Crippen molar-refractivity contribution >= 4 is 11.6 Å². The average molecular weight is 347 g/mol. The summed E-state index contributed by atoms with van der Waals surface area (Å²) in [6, 6.07) is 11.2. The third-order valence-corrected chi connectivity index (χ3v) is 4.08. The van der Waals surface area contributed by atoms with E-state index >= 15 is 0 Å². The third kappa shape index (κ3) is 3.32. The van der Waals surface area contributed by atoms with Crippen molar-refractivity contribution in [2.75, 3.05) is 0 Å². The zero-order valence-electron chi connectivity index (χ0n) is 14.2. The van der Waals surface area contributed by atoms with Crippen LogP contribution in [-0.4, -0.2) is 30.1 Å². The molecule has 3 heterocycles. The Kier molecular flexibility index (Phi) is 4.18. The molecule has 0 bridgehead atoms. The topological polar surface area (TPSA) is 74.3 Å². The Bertz CT molecular complexity index is 1040. The zero-order chi connectivity index (χ0) is 17.9. The predicted molar refractivity (Wildman–Crippen MR) is 94.6 cm³/mol. The number of hydrogen-bond acceptors (Lipinski definition) is 5. The number of hydrogen-bond donors (Lipinski definition) is 0. The first-order chi connectivity index (χ1) is 12.7. The first-order valence-electron chi connectivity index (χ1n) is 8.21. The van der Waals surface area contributed by atoms with E-state index in [0.29, 0.717) is 12.1 Å². The number of benzene rings is 1. The van der Waals surface area contributed by atoms with Gasteiger partial charge in [0.05, 0.1) is 17.8 Å². The molecule has 3 aromatic heterocycles. The van der Waals surface area contributed by atoms with Gasteiger partial charge in [0.2, 0.25) is 0 Å². The smallest absolute Gasteiger partial charge is 0.338 e. The summed E-state index contributed by atoms with van der Waals surface area (Å²) in [7, 11) is 0. The van der Waals surface area contributed by atoms with Crippen LogP contribution in [0, 0.1) is 6.92 Å². The molecule has 4 rings (SSSR count). The summed E-state index contributed by atoms with van der Waals surface area (Å²) in [6.45, 7) is 2.75. The minimum Gasteiger partial charge on any atom is -0.456 e. The molecular formula is C19H17N5O2. The van der Waals surface area contributed by atoms with Gasteiger partial charge in [-0.15, -0.1) is 0 Å². The van der Waals surface area contributed by atoms with Crippen LogP contribution in [0.4, 0.5) is 0 Å². The van der Waals surface area contributed by atoms with Gasteiger partial charge in [0.25, 0.3) is 0 Å². The maximum atomic E-state index is 12.2. The molecule has 0 spiro atoms. The second kappa shape index (κ2) is 6.79. The lowest BCUT2D eigenvalue weighted by atomic mass is 10.1. The van der Waals surface area contributed by atoms with Crippen molar-refractivity contribution in [3.8, 4) is 0 Å². The van der Waals surface area contributed by atoms with E-state index < -0.39 is 0 Å². The third-order valence-electron chi connectivity index (χ3n) is 4.08. The Hall–Kier alpha value is -3.48. The van der Waals surface area contributed by atoms with E-state index in [2.05, 4.69) is 15.1 Å². The van der Waals surface area contributed by atoms with Crippen molar-refractivity contribution in [3.05, 3.63) is 83.8 Å². The van der Waals surface area contributed by atoms with E-state index in [1.165, 1.54) is 6.33 Å². The highest BCUT2D eigenvalue weighted by molar-refractivity contribution is 5.89. The fourth-order valence-electron chi connectivity index (χ4n) is 2.74. The highest BCUT2D eigenvalue weighted by Gasteiger charge is 2.10. The molecule has 0 amide bonds. The molecule has 7 nitrogen and oxygen atoms in total. The lowest BCUT2D eigenvalue weighted by molar-refractivity contribution is 0.0468. The molecule has 0 radical (unpaired) electrons. The summed E-state index contributed by atoms with van der Waals surface area (Å²) < 4.78 is 9.04. The van der Waals surface area contributed by atoms with Gasteiger partial charge in [-0.2, -0.15) is 5.10 Å². The Balaban J connectivity index is 1.40. The number of fused-ring (bicyclic) bond motifs is 1. The number of ether oxygens (including phenoxy) is 1. The van der Waals surface area contributed by atoms with Crippen LogP contribution in [0.5, 0.6) is 0 Å². The van der Waals surface area contributed by atoms with Crippen LogP contribution in [0.2, 0.25) is 0 Å². The van der Waals surface area contributed by atoms with Crippen molar-refractivity contribution in [2.24, 2.45) is 0 Å². The summed E-state index contributed by atoms with van der Waals surface area (Å²) in [6.07, 6.45) is 6.94. The van der Waals surface area contributed by atoms with Crippen LogP contribution in [-0.2, 0) is 17.9 Å². The van der Waals surface area contributed by atoms with Gasteiger partial charge in [0.15, 0.2) is 0 Å². The quantitative estimate of drug-likeness (QED) is 0.519. The minimum atomic E-state index is -0.369. The van der Waals surface area contributed by atoms with E-state index in [4.69, 9.17) is 4.74 Å². The number of aromatic nitrogens is 5. The van der Waals surface area contributed by atoms with Gasteiger partial charge in [-0.1, -0.05) is 18.2 Å². The largest absolute Gasteiger partial charge is 0.456 e. The maximum absolute atomic E-state index is 12.2. The first kappa shape index (κ1) is 16.0. The van der Waals surface area contributed by atoms with Crippen LogP contribution < -0.4 is 0 Å². The Morgan fingerprint density at radius 1 is 1.19 bits per heavy atom. The molecule has 0 N–H and O–H groups in total. The van der Waals surface area contributed by atoms with Crippen molar-refractivity contribution in [2.45, 2.75) is 20.1 Å². The van der Waals surface area contributed by atoms with Gasteiger partial charge in [-0.3, -0.25) is 0 Å². The normalized spacial score (nSPS) is 11.0. The van der Waals surface area contributed by atoms with Gasteiger partial charge >= 0.3 is 5.97 Å². The zero-order valence-corrected chi connectivity index (χ0v) is 14.2. The Morgan fingerprint density at radius 2 is 2.04 bits per heavy atom. The number of aryl methyl sites for hydroxylation is 1. The molecule has 7 heteroatoms. The van der Waals surface area contributed by atoms with E-state index in [1.807, 2.05) is 48.0 Å². The second-order valence-electron chi connectivity index (χ2n) is 6.02. The molecule has 0 saturated heterocycles. The summed E-state index contributed by atoms with van der Waals surface area (Å²) in [4.78, 5) is 20.7. The SMILES string of the molecule is Cc1cccn2cc(COC(=O)c3ccc(Cn4cncn4)cc3)nc12. The van der Waals surface area contributed by atoms with Crippen LogP contribution in [0.3, 0.4) is 0 Å². The Labute approximate surface area is 149 Å². The fourth-order valence-corrected chi connectivity index (χ4v) is 2.74. The second-order valence-corrected chi connectivity index (χ2v) is 6.02. The molecule has 26 heavy (non-hydrogen) atoms. The minimum absolute atomic E-state index is 0.140. The molecule has 0 saturated carbocycles. The van der Waals surface area contributed by atoms with Gasteiger partial charge in [-0.05, 0) is 36.2 Å². The lowest BCUT2D eigenvalue weighted by Crippen LogP contribution is -2.06. The highest BCUT2D eigenvalue weighted by Crippen LogP contribution is 2.12. The lowest BCUT2D eigenvalue weighted by Gasteiger charge is -2.05. The summed E-state index contributed by atoms with van der Waals surface area (Å²) in [5, 5.41) is 4.06. The van der Waals surface area contributed by atoms with E-state index in [1.54, 1.807) is 23.1 Å². The fraction of sp³-hybridized carbons (Fsp3) is 0.158. The monoisotopic (exact) mass is 347 g/mol. The molecular weight excluding hydrogens is 330 g/mol. The predicted octanol–water partition coefficient (Wildman–Crippen LogP) is 2.64. The maximum Gasteiger partial charge on any atom is 0.338 e. The van der Waals surface area contributed by atoms with E-state index in [0.717, 1.165) is 22.5 Å². The van der Waals surface area contributed by atoms with Gasteiger partial charge in [-0.25, -0.2) is 19.4 Å². The number of carbonyl (C=O) groups is 1.